The van der Waals surface area contributed by atoms with Gasteiger partial charge in [-0.15, -0.1) is 0 Å². The molecule has 0 amide bonds. The maximum absolute atomic E-state index is 12.8. The SMILES string of the molecule is CCCCCC(=O)C1=CC(N)(S(=O)(=O)C(C)(C)C)C(N)C=C1. The van der Waals surface area contributed by atoms with Crippen LogP contribution in [-0.4, -0.2) is 29.9 Å². The van der Waals surface area contributed by atoms with E-state index in [0.717, 1.165) is 19.3 Å². The third kappa shape index (κ3) is 3.50. The zero-order valence-electron chi connectivity index (χ0n) is 13.9. The molecule has 2 atom stereocenters. The van der Waals surface area contributed by atoms with Gasteiger partial charge in [-0.25, -0.2) is 8.42 Å². The fraction of sp³-hybridized carbons (Fsp3) is 0.688. The summed E-state index contributed by atoms with van der Waals surface area (Å²) in [6, 6.07) is -0.871. The minimum atomic E-state index is -3.77. The van der Waals surface area contributed by atoms with E-state index in [0.29, 0.717) is 12.0 Å². The van der Waals surface area contributed by atoms with E-state index >= 15 is 0 Å². The molecule has 1 rings (SSSR count). The van der Waals surface area contributed by atoms with Crippen molar-refractivity contribution in [3.05, 3.63) is 23.8 Å². The maximum Gasteiger partial charge on any atom is 0.179 e. The molecule has 2 unspecified atom stereocenters. The van der Waals surface area contributed by atoms with Crippen molar-refractivity contribution in [2.75, 3.05) is 0 Å². The number of sulfone groups is 1. The van der Waals surface area contributed by atoms with E-state index in [1.54, 1.807) is 26.8 Å². The van der Waals surface area contributed by atoms with Gasteiger partial charge in [0.2, 0.25) is 0 Å². The second kappa shape index (κ2) is 6.64. The van der Waals surface area contributed by atoms with E-state index in [1.165, 1.54) is 12.2 Å². The lowest BCUT2D eigenvalue weighted by Gasteiger charge is -2.38. The molecule has 0 saturated carbocycles. The number of allylic oxidation sites excluding steroid dienone is 2. The average Bonchev–Trinajstić information content (AvgIpc) is 2.40. The first-order chi connectivity index (χ1) is 9.97. The van der Waals surface area contributed by atoms with Gasteiger partial charge in [-0.05, 0) is 33.3 Å². The number of Topliss-reactive ketones (excluding diaryl/α,β-unsaturated/α-hetero) is 1. The van der Waals surface area contributed by atoms with E-state index in [4.69, 9.17) is 11.5 Å². The van der Waals surface area contributed by atoms with E-state index in [1.807, 2.05) is 0 Å². The number of hydrogen-bond donors (Lipinski definition) is 2. The highest BCUT2D eigenvalue weighted by molar-refractivity contribution is 7.94. The van der Waals surface area contributed by atoms with Gasteiger partial charge < -0.3 is 11.5 Å². The summed E-state index contributed by atoms with van der Waals surface area (Å²) >= 11 is 0. The number of ketones is 1. The third-order valence-corrected chi connectivity index (χ3v) is 6.92. The predicted molar refractivity (Wildman–Crippen MR) is 89.9 cm³/mol. The molecule has 1 aliphatic rings. The molecule has 5 nitrogen and oxygen atoms in total. The van der Waals surface area contributed by atoms with Gasteiger partial charge >= 0.3 is 0 Å². The number of unbranched alkanes of at least 4 members (excludes halogenated alkanes) is 2. The highest BCUT2D eigenvalue weighted by Gasteiger charge is 2.50. The quantitative estimate of drug-likeness (QED) is 0.724. The van der Waals surface area contributed by atoms with Crippen molar-refractivity contribution in [3.8, 4) is 0 Å². The van der Waals surface area contributed by atoms with Crippen LogP contribution in [0.15, 0.2) is 23.8 Å². The third-order valence-electron chi connectivity index (χ3n) is 3.99. The minimum Gasteiger partial charge on any atom is -0.322 e. The summed E-state index contributed by atoms with van der Waals surface area (Å²) in [7, 11) is -3.77. The molecule has 0 aromatic heterocycles. The Morgan fingerprint density at radius 1 is 1.32 bits per heavy atom. The van der Waals surface area contributed by atoms with Crippen LogP contribution in [0.25, 0.3) is 0 Å². The molecule has 0 saturated heterocycles. The lowest BCUT2D eigenvalue weighted by Crippen LogP contribution is -2.63. The maximum atomic E-state index is 12.8. The normalized spacial score (nSPS) is 25.9. The van der Waals surface area contributed by atoms with Crippen LogP contribution in [-0.2, 0) is 14.6 Å². The minimum absolute atomic E-state index is 0.0875. The predicted octanol–water partition coefficient (Wildman–Crippen LogP) is 1.83. The molecule has 0 heterocycles. The molecule has 4 N–H and O–H groups in total. The van der Waals surface area contributed by atoms with Crippen molar-refractivity contribution in [1.29, 1.82) is 0 Å². The van der Waals surface area contributed by atoms with Gasteiger partial charge in [-0.1, -0.05) is 31.9 Å². The smallest absolute Gasteiger partial charge is 0.179 e. The Balaban J connectivity index is 3.15. The van der Waals surface area contributed by atoms with E-state index in [9.17, 15) is 13.2 Å². The monoisotopic (exact) mass is 328 g/mol. The van der Waals surface area contributed by atoms with Gasteiger partial charge in [0.15, 0.2) is 20.5 Å². The summed E-state index contributed by atoms with van der Waals surface area (Å²) in [5, 5.41) is 0. The number of hydrogen-bond acceptors (Lipinski definition) is 5. The van der Waals surface area contributed by atoms with E-state index in [2.05, 4.69) is 6.92 Å². The van der Waals surface area contributed by atoms with Crippen LogP contribution in [0.3, 0.4) is 0 Å². The molecule has 0 aliphatic heterocycles. The van der Waals surface area contributed by atoms with Crippen LogP contribution in [0.5, 0.6) is 0 Å². The van der Waals surface area contributed by atoms with Gasteiger partial charge in [0.25, 0.3) is 0 Å². The van der Waals surface area contributed by atoms with Crippen LogP contribution in [0, 0.1) is 0 Å². The van der Waals surface area contributed by atoms with Crippen molar-refractivity contribution >= 4 is 15.6 Å². The van der Waals surface area contributed by atoms with Gasteiger partial charge in [0.1, 0.15) is 0 Å². The number of rotatable bonds is 6. The van der Waals surface area contributed by atoms with E-state index in [-0.39, 0.29) is 5.78 Å². The number of carbonyl (C=O) groups excluding carboxylic acids is 1. The van der Waals surface area contributed by atoms with Crippen molar-refractivity contribution in [1.82, 2.24) is 0 Å². The highest BCUT2D eigenvalue weighted by Crippen LogP contribution is 2.33. The molecule has 0 spiro atoms. The zero-order valence-corrected chi connectivity index (χ0v) is 14.7. The second-order valence-corrected chi connectivity index (χ2v) is 9.77. The lowest BCUT2D eigenvalue weighted by atomic mass is 9.94. The Morgan fingerprint density at radius 3 is 2.41 bits per heavy atom. The van der Waals surface area contributed by atoms with Crippen molar-refractivity contribution in [2.45, 2.75) is 69.0 Å². The summed E-state index contributed by atoms with van der Waals surface area (Å²) in [6.07, 6.45) is 7.61. The number of nitrogens with two attached hydrogens (primary N) is 2. The first kappa shape index (κ1) is 19.1. The van der Waals surface area contributed by atoms with Crippen molar-refractivity contribution in [3.63, 3.8) is 0 Å². The van der Waals surface area contributed by atoms with Crippen LogP contribution >= 0.6 is 0 Å². The molecule has 126 valence electrons. The zero-order chi connectivity index (χ0) is 17.2. The first-order valence-corrected chi connectivity index (χ1v) is 9.18. The molecule has 22 heavy (non-hydrogen) atoms. The number of carbonyl (C=O) groups is 1. The Bertz CT molecular complexity index is 585. The average molecular weight is 328 g/mol. The fourth-order valence-corrected chi connectivity index (χ4v) is 4.17. The molecule has 1 aliphatic carbocycles. The lowest BCUT2D eigenvalue weighted by molar-refractivity contribution is -0.115. The molecule has 0 aromatic carbocycles. The molecular weight excluding hydrogens is 300 g/mol. The molecule has 0 radical (unpaired) electrons. The molecular formula is C16H28N2O3S. The Morgan fingerprint density at radius 2 is 1.91 bits per heavy atom. The molecule has 6 heteroatoms. The summed E-state index contributed by atoms with van der Waals surface area (Å²) < 4.78 is 24.5. The van der Waals surface area contributed by atoms with Crippen LogP contribution in [0.4, 0.5) is 0 Å². The molecule has 0 aromatic rings. The Labute approximate surface area is 133 Å². The summed E-state index contributed by atoms with van der Waals surface area (Å²) in [5.41, 5.74) is 12.4. The summed E-state index contributed by atoms with van der Waals surface area (Å²) in [6.45, 7) is 6.81. The Hall–Kier alpha value is -0.980. The van der Waals surface area contributed by atoms with Crippen LogP contribution < -0.4 is 11.5 Å². The van der Waals surface area contributed by atoms with Gasteiger partial charge in [0.05, 0.1) is 10.8 Å². The van der Waals surface area contributed by atoms with Crippen LogP contribution in [0.1, 0.15) is 53.4 Å². The second-order valence-electron chi connectivity index (χ2n) is 6.83. The largest absolute Gasteiger partial charge is 0.322 e. The fourth-order valence-electron chi connectivity index (χ4n) is 2.39. The molecule has 0 bridgehead atoms. The Kier molecular flexibility index (Phi) is 5.76. The molecule has 0 fully saturated rings. The summed E-state index contributed by atoms with van der Waals surface area (Å²) in [5.74, 6) is -0.0875. The van der Waals surface area contributed by atoms with Crippen LogP contribution in [0.2, 0.25) is 0 Å². The van der Waals surface area contributed by atoms with Crippen molar-refractivity contribution in [2.24, 2.45) is 11.5 Å². The highest BCUT2D eigenvalue weighted by atomic mass is 32.2. The van der Waals surface area contributed by atoms with Gasteiger partial charge in [-0.2, -0.15) is 0 Å². The van der Waals surface area contributed by atoms with Gasteiger partial charge in [-0.3, -0.25) is 4.79 Å². The standard InChI is InChI=1S/C16H28N2O3S/c1-5-6-7-8-13(19)12-9-10-14(17)16(18,11-12)22(20,21)15(2,3)4/h9-11,14H,5-8,17-18H2,1-4H3. The van der Waals surface area contributed by atoms with Crippen molar-refractivity contribution < 1.29 is 13.2 Å². The first-order valence-electron chi connectivity index (χ1n) is 7.70. The summed E-state index contributed by atoms with van der Waals surface area (Å²) in [4.78, 5) is 10.5. The van der Waals surface area contributed by atoms with E-state index < -0.39 is 25.5 Å². The van der Waals surface area contributed by atoms with Gasteiger partial charge in [0, 0.05) is 12.0 Å². The topological polar surface area (TPSA) is 103 Å².